The summed E-state index contributed by atoms with van der Waals surface area (Å²) in [7, 11) is 0. The molecule has 0 saturated carbocycles. The van der Waals surface area contributed by atoms with Crippen LogP contribution in [0.4, 0.5) is 11.4 Å². The average Bonchev–Trinajstić information content (AvgIpc) is 3.45. The van der Waals surface area contributed by atoms with Crippen LogP contribution in [0, 0.1) is 0 Å². The van der Waals surface area contributed by atoms with Crippen LogP contribution in [0.2, 0.25) is 0 Å². The van der Waals surface area contributed by atoms with Crippen molar-refractivity contribution in [1.82, 2.24) is 10.3 Å². The second kappa shape index (κ2) is 14.3. The maximum absolute atomic E-state index is 13.5. The number of nitrogens with one attached hydrogen (secondary N) is 4. The van der Waals surface area contributed by atoms with Crippen molar-refractivity contribution in [3.8, 4) is 5.75 Å². The third-order valence-corrected chi connectivity index (χ3v) is 7.79. The first-order valence-corrected chi connectivity index (χ1v) is 15.0. The topological polar surface area (TPSA) is 112 Å². The number of para-hydroxylation sites is 1. The van der Waals surface area contributed by atoms with E-state index >= 15 is 0 Å². The monoisotopic (exact) mass is 604 g/mol. The number of hydrogen-bond donors (Lipinski definition) is 4. The quantitative estimate of drug-likeness (QED) is 0.0950. The first-order chi connectivity index (χ1) is 21.4. The van der Waals surface area contributed by atoms with Gasteiger partial charge in [-0.3, -0.25) is 14.4 Å². The Balaban J connectivity index is 1.25. The second-order valence-corrected chi connectivity index (χ2v) is 11.3. The number of ether oxygens (including phenoxy) is 1. The molecular formula is C35H32N4O4S. The van der Waals surface area contributed by atoms with Crippen LogP contribution < -0.4 is 20.7 Å². The van der Waals surface area contributed by atoms with E-state index in [9.17, 15) is 14.4 Å². The summed E-state index contributed by atoms with van der Waals surface area (Å²) in [6.07, 6.45) is 3.45. The van der Waals surface area contributed by atoms with E-state index in [0.29, 0.717) is 23.5 Å². The molecule has 0 radical (unpaired) electrons. The Bertz CT molecular complexity index is 1780. The minimum atomic E-state index is -0.469. The number of carbonyl (C=O) groups excluding carboxylic acids is 3. The molecule has 0 aliphatic carbocycles. The highest BCUT2D eigenvalue weighted by molar-refractivity contribution is 8.00. The van der Waals surface area contributed by atoms with Gasteiger partial charge in [-0.25, -0.2) is 0 Å². The number of aromatic nitrogens is 1. The fraction of sp³-hybridized carbons (Fsp3) is 0.114. The molecule has 9 heteroatoms. The number of H-pyrrole nitrogens is 1. The van der Waals surface area contributed by atoms with Gasteiger partial charge in [0.1, 0.15) is 11.4 Å². The Morgan fingerprint density at radius 3 is 2.23 bits per heavy atom. The predicted molar refractivity (Wildman–Crippen MR) is 177 cm³/mol. The number of aromatic amines is 1. The molecule has 4 aromatic carbocycles. The van der Waals surface area contributed by atoms with Crippen molar-refractivity contribution in [2.24, 2.45) is 0 Å². The first-order valence-electron chi connectivity index (χ1n) is 14.2. The number of thioether (sulfide) groups is 1. The summed E-state index contributed by atoms with van der Waals surface area (Å²) >= 11 is 1.40. The van der Waals surface area contributed by atoms with Crippen LogP contribution >= 0.6 is 11.8 Å². The molecule has 44 heavy (non-hydrogen) atoms. The fourth-order valence-electron chi connectivity index (χ4n) is 4.43. The van der Waals surface area contributed by atoms with Gasteiger partial charge >= 0.3 is 0 Å². The molecule has 0 aliphatic heterocycles. The van der Waals surface area contributed by atoms with Crippen molar-refractivity contribution in [2.45, 2.75) is 24.0 Å². The van der Waals surface area contributed by atoms with Gasteiger partial charge in [-0.15, -0.1) is 11.8 Å². The lowest BCUT2D eigenvalue weighted by Gasteiger charge is -2.14. The van der Waals surface area contributed by atoms with Crippen molar-refractivity contribution in [2.75, 3.05) is 17.2 Å². The van der Waals surface area contributed by atoms with E-state index in [1.807, 2.05) is 68.4 Å². The summed E-state index contributed by atoms with van der Waals surface area (Å²) in [5.74, 6) is -0.240. The number of rotatable bonds is 11. The minimum absolute atomic E-state index is 0.0987. The minimum Gasteiger partial charge on any atom is -0.494 e. The van der Waals surface area contributed by atoms with Crippen molar-refractivity contribution in [3.05, 3.63) is 126 Å². The summed E-state index contributed by atoms with van der Waals surface area (Å²) in [6, 6.07) is 30.9. The van der Waals surface area contributed by atoms with Crippen molar-refractivity contribution < 1.29 is 19.1 Å². The highest BCUT2D eigenvalue weighted by Gasteiger charge is 2.17. The number of amides is 3. The summed E-state index contributed by atoms with van der Waals surface area (Å²) in [4.78, 5) is 43.2. The molecule has 0 saturated heterocycles. The van der Waals surface area contributed by atoms with E-state index < -0.39 is 11.8 Å². The van der Waals surface area contributed by atoms with E-state index in [1.165, 1.54) is 11.8 Å². The standard InChI is InChI=1S/C35H32N4O4S/c1-3-43-28-17-13-26(14-18-28)37-33(40)23(2)44-29-19-15-27(16-20-29)38-35(42)32(39-34(41)24-9-5-4-6-10-24)21-25-22-36-31-12-8-7-11-30(25)31/h4-23,36H,3H2,1-2H3,(H,37,40)(H,38,42)(H,39,41)/b32-21-. The molecule has 5 aromatic rings. The Morgan fingerprint density at radius 1 is 0.841 bits per heavy atom. The van der Waals surface area contributed by atoms with E-state index in [0.717, 1.165) is 27.1 Å². The summed E-state index contributed by atoms with van der Waals surface area (Å²) in [5, 5.41) is 9.14. The van der Waals surface area contributed by atoms with E-state index in [4.69, 9.17) is 4.74 Å². The largest absolute Gasteiger partial charge is 0.494 e. The molecular weight excluding hydrogens is 572 g/mol. The highest BCUT2D eigenvalue weighted by atomic mass is 32.2. The van der Waals surface area contributed by atoms with Crippen LogP contribution in [0.25, 0.3) is 17.0 Å². The van der Waals surface area contributed by atoms with Crippen LogP contribution in [-0.4, -0.2) is 34.6 Å². The first kappa shape index (κ1) is 30.2. The smallest absolute Gasteiger partial charge is 0.272 e. The predicted octanol–water partition coefficient (Wildman–Crippen LogP) is 7.10. The number of benzene rings is 4. The van der Waals surface area contributed by atoms with Crippen LogP contribution in [0.3, 0.4) is 0 Å². The zero-order valence-corrected chi connectivity index (χ0v) is 25.1. The zero-order valence-electron chi connectivity index (χ0n) is 24.3. The van der Waals surface area contributed by atoms with Gasteiger partial charge in [-0.1, -0.05) is 36.4 Å². The Kier molecular flexibility index (Phi) is 9.78. The van der Waals surface area contributed by atoms with Gasteiger partial charge in [0, 0.05) is 44.5 Å². The summed E-state index contributed by atoms with van der Waals surface area (Å²) < 4.78 is 5.45. The van der Waals surface area contributed by atoms with Crippen molar-refractivity contribution in [3.63, 3.8) is 0 Å². The van der Waals surface area contributed by atoms with Crippen LogP contribution in [0.1, 0.15) is 29.8 Å². The van der Waals surface area contributed by atoms with Crippen LogP contribution in [0.15, 0.2) is 120 Å². The molecule has 0 fully saturated rings. The van der Waals surface area contributed by atoms with Gasteiger partial charge < -0.3 is 25.7 Å². The van der Waals surface area contributed by atoms with E-state index in [-0.39, 0.29) is 16.9 Å². The Labute approximate surface area is 259 Å². The molecule has 1 aromatic heterocycles. The van der Waals surface area contributed by atoms with Crippen molar-refractivity contribution in [1.29, 1.82) is 0 Å². The zero-order chi connectivity index (χ0) is 30.9. The molecule has 222 valence electrons. The third kappa shape index (κ3) is 7.76. The van der Waals surface area contributed by atoms with E-state index in [1.54, 1.807) is 60.8 Å². The maximum atomic E-state index is 13.5. The molecule has 1 atom stereocenters. The lowest BCUT2D eigenvalue weighted by atomic mass is 10.1. The highest BCUT2D eigenvalue weighted by Crippen LogP contribution is 2.27. The van der Waals surface area contributed by atoms with Gasteiger partial charge in [0.2, 0.25) is 5.91 Å². The molecule has 0 bridgehead atoms. The summed E-state index contributed by atoms with van der Waals surface area (Å²) in [5.41, 5.74) is 3.46. The van der Waals surface area contributed by atoms with Gasteiger partial charge in [-0.05, 0) is 86.7 Å². The lowest BCUT2D eigenvalue weighted by molar-refractivity contribution is -0.115. The molecule has 5 rings (SSSR count). The average molecular weight is 605 g/mol. The maximum Gasteiger partial charge on any atom is 0.272 e. The molecule has 1 unspecified atom stereocenters. The normalized spacial score (nSPS) is 11.9. The van der Waals surface area contributed by atoms with Gasteiger partial charge in [0.25, 0.3) is 11.8 Å². The Hall–Kier alpha value is -5.28. The SMILES string of the molecule is CCOc1ccc(NC(=O)C(C)Sc2ccc(NC(=O)/C(=C/c3c[nH]c4ccccc34)NC(=O)c3ccccc3)cc2)cc1. The van der Waals surface area contributed by atoms with Gasteiger partial charge in [0.15, 0.2) is 0 Å². The molecule has 0 spiro atoms. The van der Waals surface area contributed by atoms with Crippen molar-refractivity contribution >= 4 is 57.8 Å². The van der Waals surface area contributed by atoms with Crippen LogP contribution in [0.5, 0.6) is 5.75 Å². The number of carbonyl (C=O) groups is 3. The van der Waals surface area contributed by atoms with Crippen LogP contribution in [-0.2, 0) is 9.59 Å². The molecule has 0 aliphatic rings. The van der Waals surface area contributed by atoms with Gasteiger partial charge in [-0.2, -0.15) is 0 Å². The third-order valence-electron chi connectivity index (χ3n) is 6.68. The Morgan fingerprint density at radius 2 is 1.50 bits per heavy atom. The fourth-order valence-corrected chi connectivity index (χ4v) is 5.30. The number of anilines is 2. The molecule has 8 nitrogen and oxygen atoms in total. The van der Waals surface area contributed by atoms with E-state index in [2.05, 4.69) is 20.9 Å². The molecule has 1 heterocycles. The summed E-state index contributed by atoms with van der Waals surface area (Å²) in [6.45, 7) is 4.33. The number of fused-ring (bicyclic) bond motifs is 1. The second-order valence-electron chi connectivity index (χ2n) is 9.85. The molecule has 3 amide bonds. The lowest BCUT2D eigenvalue weighted by Crippen LogP contribution is -2.30. The van der Waals surface area contributed by atoms with Gasteiger partial charge in [0.05, 0.1) is 11.9 Å². The number of hydrogen-bond acceptors (Lipinski definition) is 5. The molecule has 4 N–H and O–H groups in total.